The molecule has 1 amide bonds. The van der Waals surface area contributed by atoms with Crippen LogP contribution < -0.4 is 4.74 Å². The third kappa shape index (κ3) is 4.39. The van der Waals surface area contributed by atoms with Gasteiger partial charge in [0.05, 0.1) is 19.3 Å². The van der Waals surface area contributed by atoms with Crippen molar-refractivity contribution >= 4 is 11.9 Å². The molecule has 184 valence electrons. The second-order valence-electron chi connectivity index (χ2n) is 9.92. The SMILES string of the molecule is COc1cc(C(=O)N2C(c3ccccn3)N(C)CC2(Cn2cccn2)C(=O)O)ccc1C(C)(C)C. The summed E-state index contributed by atoms with van der Waals surface area (Å²) in [6.45, 7) is 6.30. The van der Waals surface area contributed by atoms with Crippen LogP contribution in [-0.4, -0.2) is 67.8 Å². The summed E-state index contributed by atoms with van der Waals surface area (Å²) < 4.78 is 7.17. The minimum absolute atomic E-state index is 0.00798. The summed E-state index contributed by atoms with van der Waals surface area (Å²) in [5, 5.41) is 14.8. The zero-order chi connectivity index (χ0) is 25.4. The zero-order valence-corrected chi connectivity index (χ0v) is 20.7. The molecular formula is C26H31N5O4. The fourth-order valence-corrected chi connectivity index (χ4v) is 4.81. The summed E-state index contributed by atoms with van der Waals surface area (Å²) in [5.74, 6) is -0.943. The predicted molar refractivity (Wildman–Crippen MR) is 130 cm³/mol. The second-order valence-corrected chi connectivity index (χ2v) is 9.92. The Labute approximate surface area is 204 Å². The number of hydrogen-bond acceptors (Lipinski definition) is 6. The number of hydrogen-bond donors (Lipinski definition) is 1. The largest absolute Gasteiger partial charge is 0.496 e. The third-order valence-corrected chi connectivity index (χ3v) is 6.44. The lowest BCUT2D eigenvalue weighted by Gasteiger charge is -2.37. The molecule has 1 aliphatic heterocycles. The number of carbonyl (C=O) groups is 2. The average Bonchev–Trinajstić information content (AvgIpc) is 3.44. The minimum atomic E-state index is -1.57. The van der Waals surface area contributed by atoms with Crippen LogP contribution in [0.25, 0.3) is 0 Å². The number of aromatic nitrogens is 3. The van der Waals surface area contributed by atoms with E-state index in [0.29, 0.717) is 17.0 Å². The summed E-state index contributed by atoms with van der Waals surface area (Å²) >= 11 is 0. The number of carboxylic acid groups (broad SMARTS) is 1. The molecule has 9 heteroatoms. The summed E-state index contributed by atoms with van der Waals surface area (Å²) in [5.41, 5.74) is 0.123. The van der Waals surface area contributed by atoms with Crippen molar-refractivity contribution in [2.75, 3.05) is 20.7 Å². The first-order valence-electron chi connectivity index (χ1n) is 11.4. The number of ether oxygens (including phenoxy) is 1. The van der Waals surface area contributed by atoms with E-state index in [9.17, 15) is 14.7 Å². The first-order chi connectivity index (χ1) is 16.6. The highest BCUT2D eigenvalue weighted by molar-refractivity contribution is 5.99. The van der Waals surface area contributed by atoms with E-state index in [1.807, 2.05) is 17.0 Å². The van der Waals surface area contributed by atoms with Crippen LogP contribution in [0.4, 0.5) is 0 Å². The lowest BCUT2D eigenvalue weighted by Crippen LogP contribution is -2.58. The Morgan fingerprint density at radius 1 is 1.17 bits per heavy atom. The summed E-state index contributed by atoms with van der Waals surface area (Å²) in [7, 11) is 3.37. The van der Waals surface area contributed by atoms with Crippen molar-refractivity contribution in [3.8, 4) is 5.75 Å². The van der Waals surface area contributed by atoms with E-state index < -0.39 is 23.6 Å². The van der Waals surface area contributed by atoms with E-state index in [1.54, 1.807) is 67.8 Å². The number of aliphatic carboxylic acids is 1. The molecule has 4 rings (SSSR count). The Hall–Kier alpha value is -3.72. The van der Waals surface area contributed by atoms with Crippen LogP contribution >= 0.6 is 0 Å². The van der Waals surface area contributed by atoms with Crippen LogP contribution in [0, 0.1) is 0 Å². The van der Waals surface area contributed by atoms with Crippen molar-refractivity contribution in [3.63, 3.8) is 0 Å². The first-order valence-corrected chi connectivity index (χ1v) is 11.4. The molecule has 35 heavy (non-hydrogen) atoms. The van der Waals surface area contributed by atoms with Gasteiger partial charge in [0.15, 0.2) is 5.54 Å². The molecule has 0 radical (unpaired) electrons. The van der Waals surface area contributed by atoms with Gasteiger partial charge in [0.25, 0.3) is 5.91 Å². The molecule has 2 unspecified atom stereocenters. The molecule has 0 aliphatic carbocycles. The van der Waals surface area contributed by atoms with E-state index in [1.165, 1.54) is 4.90 Å². The fraction of sp³-hybridized carbons (Fsp3) is 0.385. The van der Waals surface area contributed by atoms with E-state index in [-0.39, 0.29) is 18.5 Å². The van der Waals surface area contributed by atoms with Crippen LogP contribution in [0.2, 0.25) is 0 Å². The number of methoxy groups -OCH3 is 1. The summed E-state index contributed by atoms with van der Waals surface area (Å²) in [6.07, 6.45) is 4.25. The molecule has 0 bridgehead atoms. The van der Waals surface area contributed by atoms with E-state index in [0.717, 1.165) is 5.56 Å². The molecule has 3 heterocycles. The Balaban J connectivity index is 1.87. The van der Waals surface area contributed by atoms with Crippen LogP contribution in [-0.2, 0) is 16.8 Å². The van der Waals surface area contributed by atoms with Gasteiger partial charge in [0, 0.05) is 30.7 Å². The minimum Gasteiger partial charge on any atom is -0.496 e. The molecule has 2 atom stereocenters. The van der Waals surface area contributed by atoms with E-state index >= 15 is 0 Å². The standard InChI is InChI=1S/C26H31N5O4/c1-25(2,3)19-11-10-18(15-21(19)35-5)23(32)31-22(20-9-6-7-12-27-20)29(4)16-26(31,24(33)34)17-30-14-8-13-28-30/h6-15,22H,16-17H2,1-5H3,(H,33,34). The first kappa shape index (κ1) is 24.4. The predicted octanol–water partition coefficient (Wildman–Crippen LogP) is 3.19. The van der Waals surface area contributed by atoms with Crippen LogP contribution in [0.15, 0.2) is 61.1 Å². The van der Waals surface area contributed by atoms with Crippen molar-refractivity contribution in [3.05, 3.63) is 77.9 Å². The number of amides is 1. The second kappa shape index (κ2) is 9.14. The van der Waals surface area contributed by atoms with Crippen LogP contribution in [0.3, 0.4) is 0 Å². The van der Waals surface area contributed by atoms with Gasteiger partial charge in [0.2, 0.25) is 0 Å². The van der Waals surface area contributed by atoms with Crippen molar-refractivity contribution in [2.45, 2.75) is 44.4 Å². The number of pyridine rings is 1. The van der Waals surface area contributed by atoms with E-state index in [2.05, 4.69) is 30.9 Å². The van der Waals surface area contributed by atoms with Crippen molar-refractivity contribution < 1.29 is 19.4 Å². The number of likely N-dealkylation sites (N-methyl/N-ethyl adjacent to an activating group) is 1. The highest BCUT2D eigenvalue weighted by Gasteiger charge is 2.58. The molecule has 1 aromatic carbocycles. The van der Waals surface area contributed by atoms with Crippen molar-refractivity contribution in [2.24, 2.45) is 0 Å². The molecule has 1 fully saturated rings. The van der Waals surface area contributed by atoms with Gasteiger partial charge in [-0.15, -0.1) is 0 Å². The Kier molecular flexibility index (Phi) is 6.38. The Morgan fingerprint density at radius 3 is 2.51 bits per heavy atom. The van der Waals surface area contributed by atoms with Crippen molar-refractivity contribution in [1.29, 1.82) is 0 Å². The fourth-order valence-electron chi connectivity index (χ4n) is 4.81. The molecule has 0 spiro atoms. The molecule has 1 N–H and O–H groups in total. The third-order valence-electron chi connectivity index (χ3n) is 6.44. The van der Waals surface area contributed by atoms with Crippen LogP contribution in [0.5, 0.6) is 5.75 Å². The Bertz CT molecular complexity index is 1210. The summed E-state index contributed by atoms with van der Waals surface area (Å²) in [6, 6.07) is 12.4. The molecular weight excluding hydrogens is 446 g/mol. The molecule has 3 aromatic rings. The number of nitrogens with zero attached hydrogens (tertiary/aromatic N) is 5. The number of carboxylic acids is 1. The topological polar surface area (TPSA) is 101 Å². The normalized spacial score (nSPS) is 20.7. The summed E-state index contributed by atoms with van der Waals surface area (Å²) in [4.78, 5) is 34.8. The maximum atomic E-state index is 14.2. The molecule has 0 saturated carbocycles. The van der Waals surface area contributed by atoms with Gasteiger partial charge >= 0.3 is 5.97 Å². The lowest BCUT2D eigenvalue weighted by molar-refractivity contribution is -0.149. The van der Waals surface area contributed by atoms with Gasteiger partial charge in [-0.05, 0) is 48.4 Å². The maximum absolute atomic E-state index is 14.2. The average molecular weight is 478 g/mol. The van der Waals surface area contributed by atoms with Gasteiger partial charge in [-0.3, -0.25) is 24.3 Å². The highest BCUT2D eigenvalue weighted by Crippen LogP contribution is 2.41. The van der Waals surface area contributed by atoms with Gasteiger partial charge < -0.3 is 9.84 Å². The molecule has 1 aliphatic rings. The maximum Gasteiger partial charge on any atom is 0.333 e. The molecule has 2 aromatic heterocycles. The van der Waals surface area contributed by atoms with Gasteiger partial charge in [-0.1, -0.05) is 32.9 Å². The lowest BCUT2D eigenvalue weighted by atomic mass is 9.85. The van der Waals surface area contributed by atoms with E-state index in [4.69, 9.17) is 4.74 Å². The van der Waals surface area contributed by atoms with Gasteiger partial charge in [-0.2, -0.15) is 5.10 Å². The number of benzene rings is 1. The molecule has 9 nitrogen and oxygen atoms in total. The number of carbonyl (C=O) groups excluding carboxylic acids is 1. The highest BCUT2D eigenvalue weighted by atomic mass is 16.5. The quantitative estimate of drug-likeness (QED) is 0.582. The van der Waals surface area contributed by atoms with Gasteiger partial charge in [0.1, 0.15) is 11.9 Å². The Morgan fingerprint density at radius 2 is 1.94 bits per heavy atom. The smallest absolute Gasteiger partial charge is 0.333 e. The number of rotatable bonds is 6. The zero-order valence-electron chi connectivity index (χ0n) is 20.7. The monoisotopic (exact) mass is 477 g/mol. The molecule has 1 saturated heterocycles. The van der Waals surface area contributed by atoms with Crippen LogP contribution in [0.1, 0.15) is 48.6 Å². The van der Waals surface area contributed by atoms with Crippen molar-refractivity contribution in [1.82, 2.24) is 24.6 Å². The van der Waals surface area contributed by atoms with Gasteiger partial charge in [-0.25, -0.2) is 4.79 Å².